The highest BCUT2D eigenvalue weighted by molar-refractivity contribution is 5.68. The molecule has 0 radical (unpaired) electrons. The van der Waals surface area contributed by atoms with E-state index in [4.69, 9.17) is 4.74 Å². The van der Waals surface area contributed by atoms with Crippen molar-refractivity contribution in [3.63, 3.8) is 0 Å². The summed E-state index contributed by atoms with van der Waals surface area (Å²) in [6.45, 7) is 10.0. The Morgan fingerprint density at radius 1 is 1.41 bits per heavy atom. The molecule has 0 bridgehead atoms. The number of benzene rings is 1. The van der Waals surface area contributed by atoms with Crippen molar-refractivity contribution in [3.05, 3.63) is 29.3 Å². The Morgan fingerprint density at radius 2 is 2.18 bits per heavy atom. The van der Waals surface area contributed by atoms with Crippen molar-refractivity contribution in [2.75, 3.05) is 18.4 Å². The van der Waals surface area contributed by atoms with E-state index in [0.717, 1.165) is 19.5 Å². The van der Waals surface area contributed by atoms with Gasteiger partial charge in [-0.05, 0) is 45.2 Å². The monoisotopic (exact) mass is 305 g/mol. The first-order valence-electron chi connectivity index (χ1n) is 7.90. The summed E-state index contributed by atoms with van der Waals surface area (Å²) < 4.78 is 5.25. The third-order valence-electron chi connectivity index (χ3n) is 3.46. The molecule has 0 saturated carbocycles. The Balaban J connectivity index is 1.75. The number of amides is 1. The number of alkyl carbamates (subject to hydrolysis) is 1. The van der Waals surface area contributed by atoms with Gasteiger partial charge >= 0.3 is 6.09 Å². The van der Waals surface area contributed by atoms with Crippen LogP contribution in [0.3, 0.4) is 0 Å². The van der Waals surface area contributed by atoms with Crippen molar-refractivity contribution in [2.24, 2.45) is 0 Å². The van der Waals surface area contributed by atoms with E-state index in [1.165, 1.54) is 16.8 Å². The minimum atomic E-state index is -0.465. The minimum Gasteiger partial charge on any atom is -0.444 e. The maximum Gasteiger partial charge on any atom is 0.407 e. The van der Waals surface area contributed by atoms with Crippen LogP contribution in [0.4, 0.5) is 10.5 Å². The molecule has 5 nitrogen and oxygen atoms in total. The number of hydrogen-bond acceptors (Lipinski definition) is 4. The Morgan fingerprint density at radius 3 is 2.91 bits per heavy atom. The van der Waals surface area contributed by atoms with Crippen LogP contribution < -0.4 is 16.0 Å². The highest BCUT2D eigenvalue weighted by Crippen LogP contribution is 2.26. The van der Waals surface area contributed by atoms with Gasteiger partial charge in [0, 0.05) is 31.4 Å². The topological polar surface area (TPSA) is 62.4 Å². The summed E-state index contributed by atoms with van der Waals surface area (Å²) in [4.78, 5) is 11.7. The summed E-state index contributed by atoms with van der Waals surface area (Å²) in [5.74, 6) is 0. The number of anilines is 1. The average molecular weight is 305 g/mol. The fourth-order valence-electron chi connectivity index (χ4n) is 2.54. The number of rotatable bonds is 5. The zero-order valence-corrected chi connectivity index (χ0v) is 14.0. The lowest BCUT2D eigenvalue weighted by Gasteiger charge is -2.22. The van der Waals surface area contributed by atoms with Crippen LogP contribution in [-0.4, -0.2) is 30.8 Å². The van der Waals surface area contributed by atoms with Crippen molar-refractivity contribution >= 4 is 11.8 Å². The number of nitrogens with one attached hydrogen (secondary N) is 3. The van der Waals surface area contributed by atoms with Gasteiger partial charge in [-0.3, -0.25) is 0 Å². The van der Waals surface area contributed by atoms with Gasteiger partial charge in [-0.1, -0.05) is 18.2 Å². The summed E-state index contributed by atoms with van der Waals surface area (Å²) in [6, 6.07) is 6.42. The molecule has 1 unspecified atom stereocenters. The average Bonchev–Trinajstić information content (AvgIpc) is 2.85. The molecule has 0 aromatic heterocycles. The van der Waals surface area contributed by atoms with E-state index < -0.39 is 5.60 Å². The third kappa shape index (κ3) is 4.91. The molecular formula is C17H27N3O2. The van der Waals surface area contributed by atoms with E-state index in [9.17, 15) is 4.79 Å². The van der Waals surface area contributed by atoms with Gasteiger partial charge in [-0.25, -0.2) is 4.79 Å². The molecule has 1 heterocycles. The van der Waals surface area contributed by atoms with Gasteiger partial charge in [0.05, 0.1) is 0 Å². The summed E-state index contributed by atoms with van der Waals surface area (Å²) in [6.07, 6.45) is 0.726. The zero-order valence-electron chi connectivity index (χ0n) is 14.0. The SMILES string of the molecule is CC(CNCc1cccc2c1NCC2)NC(=O)OC(C)(C)C. The second kappa shape index (κ2) is 7.01. The Labute approximate surface area is 132 Å². The third-order valence-corrected chi connectivity index (χ3v) is 3.46. The smallest absolute Gasteiger partial charge is 0.407 e. The molecule has 22 heavy (non-hydrogen) atoms. The molecule has 1 aliphatic heterocycles. The minimum absolute atomic E-state index is 0.0135. The van der Waals surface area contributed by atoms with Gasteiger partial charge < -0.3 is 20.7 Å². The molecule has 1 amide bonds. The van der Waals surface area contributed by atoms with E-state index in [2.05, 4.69) is 34.1 Å². The van der Waals surface area contributed by atoms with Gasteiger partial charge in [-0.2, -0.15) is 0 Å². The van der Waals surface area contributed by atoms with Crippen LogP contribution in [0.2, 0.25) is 0 Å². The van der Waals surface area contributed by atoms with E-state index in [1.54, 1.807) is 0 Å². The van der Waals surface area contributed by atoms with Crippen LogP contribution in [0.1, 0.15) is 38.8 Å². The molecule has 122 valence electrons. The van der Waals surface area contributed by atoms with Crippen LogP contribution in [0.25, 0.3) is 0 Å². The second-order valence-electron chi connectivity index (χ2n) is 6.81. The Kier molecular flexibility index (Phi) is 5.29. The first-order valence-corrected chi connectivity index (χ1v) is 7.90. The largest absolute Gasteiger partial charge is 0.444 e. The number of carbonyl (C=O) groups is 1. The summed E-state index contributed by atoms with van der Waals surface area (Å²) in [5.41, 5.74) is 3.47. The van der Waals surface area contributed by atoms with Gasteiger partial charge in [0.25, 0.3) is 0 Å². The van der Waals surface area contributed by atoms with Crippen molar-refractivity contribution in [3.8, 4) is 0 Å². The number of fused-ring (bicyclic) bond motifs is 1. The lowest BCUT2D eigenvalue weighted by molar-refractivity contribution is 0.0508. The summed E-state index contributed by atoms with van der Waals surface area (Å²) >= 11 is 0. The number of ether oxygens (including phenoxy) is 1. The van der Waals surface area contributed by atoms with Gasteiger partial charge in [0.2, 0.25) is 0 Å². The normalized spacial score (nSPS) is 14.9. The fourth-order valence-corrected chi connectivity index (χ4v) is 2.54. The first-order chi connectivity index (χ1) is 10.3. The van der Waals surface area contributed by atoms with Crippen LogP contribution in [-0.2, 0) is 17.7 Å². The molecule has 0 saturated heterocycles. The molecule has 1 aromatic carbocycles. The molecule has 0 spiro atoms. The predicted molar refractivity (Wildman–Crippen MR) is 89.2 cm³/mol. The molecule has 1 aliphatic rings. The van der Waals surface area contributed by atoms with Crippen LogP contribution >= 0.6 is 0 Å². The maximum absolute atomic E-state index is 11.7. The standard InChI is InChI=1S/C17H27N3O2/c1-12(20-16(21)22-17(2,3)4)10-18-11-14-7-5-6-13-8-9-19-15(13)14/h5-7,12,18-19H,8-11H2,1-4H3,(H,20,21). The van der Waals surface area contributed by atoms with E-state index >= 15 is 0 Å². The summed E-state index contributed by atoms with van der Waals surface area (Å²) in [5, 5.41) is 9.66. The Hall–Kier alpha value is -1.75. The summed E-state index contributed by atoms with van der Waals surface area (Å²) in [7, 11) is 0. The van der Waals surface area contributed by atoms with E-state index in [1.807, 2.05) is 27.7 Å². The lowest BCUT2D eigenvalue weighted by atomic mass is 10.1. The number of carbonyl (C=O) groups excluding carboxylic acids is 1. The molecule has 1 atom stereocenters. The van der Waals surface area contributed by atoms with Crippen molar-refractivity contribution < 1.29 is 9.53 Å². The Bertz CT molecular complexity index is 523. The van der Waals surface area contributed by atoms with Crippen molar-refractivity contribution in [1.82, 2.24) is 10.6 Å². The molecule has 0 fully saturated rings. The molecular weight excluding hydrogens is 278 g/mol. The van der Waals surface area contributed by atoms with Gasteiger partial charge in [-0.15, -0.1) is 0 Å². The van der Waals surface area contributed by atoms with E-state index in [-0.39, 0.29) is 12.1 Å². The van der Waals surface area contributed by atoms with Crippen LogP contribution in [0, 0.1) is 0 Å². The highest BCUT2D eigenvalue weighted by atomic mass is 16.6. The van der Waals surface area contributed by atoms with Crippen LogP contribution in [0.15, 0.2) is 18.2 Å². The quantitative estimate of drug-likeness (QED) is 0.782. The predicted octanol–water partition coefficient (Wildman–Crippen LogP) is 2.66. The molecule has 0 aliphatic carbocycles. The molecule has 5 heteroatoms. The number of hydrogen-bond donors (Lipinski definition) is 3. The van der Waals surface area contributed by atoms with Gasteiger partial charge in [0.1, 0.15) is 5.60 Å². The van der Waals surface area contributed by atoms with Crippen LogP contribution in [0.5, 0.6) is 0 Å². The van der Waals surface area contributed by atoms with Crippen molar-refractivity contribution in [2.45, 2.75) is 52.3 Å². The number of para-hydroxylation sites is 1. The zero-order chi connectivity index (χ0) is 16.2. The lowest BCUT2D eigenvalue weighted by Crippen LogP contribution is -2.42. The molecule has 1 aromatic rings. The fraction of sp³-hybridized carbons (Fsp3) is 0.588. The maximum atomic E-state index is 11.7. The second-order valence-corrected chi connectivity index (χ2v) is 6.81. The highest BCUT2D eigenvalue weighted by Gasteiger charge is 2.18. The van der Waals surface area contributed by atoms with E-state index in [0.29, 0.717) is 6.54 Å². The first kappa shape index (κ1) is 16.6. The molecule has 3 N–H and O–H groups in total. The van der Waals surface area contributed by atoms with Gasteiger partial charge in [0.15, 0.2) is 0 Å². The van der Waals surface area contributed by atoms with Crippen molar-refractivity contribution in [1.29, 1.82) is 0 Å². The molecule has 2 rings (SSSR count).